The number of methoxy groups -OCH3 is 1. The summed E-state index contributed by atoms with van der Waals surface area (Å²) in [5.74, 6) is -1.17. The number of hydrogen-bond acceptors (Lipinski definition) is 6. The number of fused-ring (bicyclic) bond motifs is 1. The first-order valence-corrected chi connectivity index (χ1v) is 8.47. The number of amides is 1. The highest BCUT2D eigenvalue weighted by atomic mass is 16.5. The lowest BCUT2D eigenvalue weighted by atomic mass is 10.0. The number of carboxylic acids is 1. The Morgan fingerprint density at radius 3 is 2.69 bits per heavy atom. The summed E-state index contributed by atoms with van der Waals surface area (Å²) < 4.78 is 10.5. The molecule has 1 atom stereocenters. The Balaban J connectivity index is 2.17. The van der Waals surface area contributed by atoms with Gasteiger partial charge >= 0.3 is 5.63 Å². The van der Waals surface area contributed by atoms with Crippen molar-refractivity contribution in [1.82, 2.24) is 5.32 Å². The Kier molecular flexibility index (Phi) is 6.38. The van der Waals surface area contributed by atoms with Crippen LogP contribution in [0.2, 0.25) is 0 Å². The smallest absolute Gasteiger partial charge is 0.339 e. The van der Waals surface area contributed by atoms with Crippen LogP contribution in [0.1, 0.15) is 37.3 Å². The zero-order chi connectivity index (χ0) is 19.3. The van der Waals surface area contributed by atoms with Crippen molar-refractivity contribution in [1.29, 1.82) is 0 Å². The topological polar surface area (TPSA) is 109 Å². The van der Waals surface area contributed by atoms with Gasteiger partial charge in [0.1, 0.15) is 11.3 Å². The molecule has 0 aliphatic carbocycles. The van der Waals surface area contributed by atoms with Crippen LogP contribution in [0, 0.1) is 6.92 Å². The third kappa shape index (κ3) is 4.41. The first-order valence-electron chi connectivity index (χ1n) is 8.47. The predicted octanol–water partition coefficient (Wildman–Crippen LogP) is 1.08. The molecule has 0 fully saturated rings. The molecule has 0 aliphatic rings. The summed E-state index contributed by atoms with van der Waals surface area (Å²) in [7, 11) is 1.53. The molecule has 140 valence electrons. The molecule has 2 rings (SSSR count). The summed E-state index contributed by atoms with van der Waals surface area (Å²) in [5.41, 5.74) is 1.04. The van der Waals surface area contributed by atoms with Crippen LogP contribution in [0.15, 0.2) is 27.4 Å². The van der Waals surface area contributed by atoms with Crippen molar-refractivity contribution in [3.8, 4) is 5.75 Å². The molecule has 7 nitrogen and oxygen atoms in total. The van der Waals surface area contributed by atoms with Crippen molar-refractivity contribution in [3.63, 3.8) is 0 Å². The summed E-state index contributed by atoms with van der Waals surface area (Å²) in [4.78, 5) is 35.3. The largest absolute Gasteiger partial charge is 0.548 e. The van der Waals surface area contributed by atoms with E-state index in [0.29, 0.717) is 29.7 Å². The van der Waals surface area contributed by atoms with Crippen molar-refractivity contribution < 1.29 is 23.8 Å². The Morgan fingerprint density at radius 1 is 1.35 bits per heavy atom. The van der Waals surface area contributed by atoms with E-state index < -0.39 is 23.5 Å². The second-order valence-electron chi connectivity index (χ2n) is 6.08. The highest BCUT2D eigenvalue weighted by molar-refractivity contribution is 5.84. The van der Waals surface area contributed by atoms with Crippen LogP contribution < -0.4 is 20.8 Å². The molecular weight excluding hydrogens is 338 g/mol. The van der Waals surface area contributed by atoms with Crippen LogP contribution in [-0.2, 0) is 16.0 Å². The molecule has 0 spiro atoms. The molecule has 0 aliphatic heterocycles. The third-order valence-electron chi connectivity index (χ3n) is 4.29. The minimum Gasteiger partial charge on any atom is -0.548 e. The zero-order valence-electron chi connectivity index (χ0n) is 15.1. The molecule has 0 saturated heterocycles. The molecule has 0 unspecified atom stereocenters. The zero-order valence-corrected chi connectivity index (χ0v) is 15.1. The van der Waals surface area contributed by atoms with Gasteiger partial charge < -0.3 is 24.4 Å². The highest BCUT2D eigenvalue weighted by Gasteiger charge is 2.16. The molecule has 1 amide bonds. The lowest BCUT2D eigenvalue weighted by molar-refractivity contribution is -0.308. The molecule has 0 radical (unpaired) electrons. The van der Waals surface area contributed by atoms with E-state index in [9.17, 15) is 19.5 Å². The molecule has 0 bridgehead atoms. The average molecular weight is 360 g/mol. The predicted molar refractivity (Wildman–Crippen MR) is 93.9 cm³/mol. The van der Waals surface area contributed by atoms with Gasteiger partial charge in [0, 0.05) is 23.4 Å². The van der Waals surface area contributed by atoms with Gasteiger partial charge in [0.05, 0.1) is 19.1 Å². The molecule has 2 aromatic rings. The second-order valence-corrected chi connectivity index (χ2v) is 6.08. The number of aryl methyl sites for hydroxylation is 1. The summed E-state index contributed by atoms with van der Waals surface area (Å²) >= 11 is 0. The van der Waals surface area contributed by atoms with E-state index >= 15 is 0 Å². The number of nitrogens with one attached hydrogen (secondary N) is 1. The maximum atomic E-state index is 12.3. The number of carbonyl (C=O) groups is 2. The highest BCUT2D eigenvalue weighted by Crippen LogP contribution is 2.24. The Hall–Kier alpha value is -2.83. The maximum Gasteiger partial charge on any atom is 0.339 e. The minimum absolute atomic E-state index is 0.0131. The standard InChI is InChI=1S/C19H23NO6/c1-4-5-15(18(22)23)20-17(21)9-8-14-11(2)13-7-6-12(25-3)10-16(13)26-19(14)24/h6-7,10,15H,4-5,8-9H2,1-3H3,(H,20,21)(H,22,23)/p-1/t15-/m0/s1. The van der Waals surface area contributed by atoms with Crippen molar-refractivity contribution in [2.75, 3.05) is 7.11 Å². The number of benzene rings is 1. The maximum absolute atomic E-state index is 12.3. The van der Waals surface area contributed by atoms with Gasteiger partial charge in [-0.05, 0) is 37.5 Å². The van der Waals surface area contributed by atoms with Gasteiger partial charge in [-0.2, -0.15) is 0 Å². The lowest BCUT2D eigenvalue weighted by Gasteiger charge is -2.19. The van der Waals surface area contributed by atoms with Gasteiger partial charge in [0.25, 0.3) is 0 Å². The molecule has 26 heavy (non-hydrogen) atoms. The lowest BCUT2D eigenvalue weighted by Crippen LogP contribution is -2.47. The molecule has 7 heteroatoms. The van der Waals surface area contributed by atoms with Gasteiger partial charge in [-0.25, -0.2) is 4.79 Å². The van der Waals surface area contributed by atoms with Crippen molar-refractivity contribution in [2.24, 2.45) is 0 Å². The first kappa shape index (κ1) is 19.5. The molecule has 1 aromatic heterocycles. The first-order chi connectivity index (χ1) is 12.4. The van der Waals surface area contributed by atoms with E-state index in [1.807, 2.05) is 6.92 Å². The van der Waals surface area contributed by atoms with Crippen LogP contribution in [0.5, 0.6) is 5.75 Å². The average Bonchev–Trinajstić information content (AvgIpc) is 2.60. The Morgan fingerprint density at radius 2 is 2.08 bits per heavy atom. The van der Waals surface area contributed by atoms with Crippen LogP contribution in [0.25, 0.3) is 11.0 Å². The van der Waals surface area contributed by atoms with E-state index in [1.54, 1.807) is 25.1 Å². The molecule has 1 N–H and O–H groups in total. The Labute approximate surface area is 151 Å². The van der Waals surface area contributed by atoms with Crippen LogP contribution in [-0.4, -0.2) is 25.0 Å². The van der Waals surface area contributed by atoms with Gasteiger partial charge in [0.15, 0.2) is 0 Å². The van der Waals surface area contributed by atoms with Gasteiger partial charge in [-0.3, -0.25) is 4.79 Å². The van der Waals surface area contributed by atoms with Crippen molar-refractivity contribution >= 4 is 22.8 Å². The minimum atomic E-state index is -1.31. The molecule has 0 saturated carbocycles. The quantitative estimate of drug-likeness (QED) is 0.706. The third-order valence-corrected chi connectivity index (χ3v) is 4.29. The van der Waals surface area contributed by atoms with Gasteiger partial charge in [-0.15, -0.1) is 0 Å². The molecular formula is C19H22NO6-. The number of carbonyl (C=O) groups excluding carboxylic acids is 2. The van der Waals surface area contributed by atoms with Crippen molar-refractivity contribution in [2.45, 2.75) is 45.6 Å². The van der Waals surface area contributed by atoms with Crippen molar-refractivity contribution in [3.05, 3.63) is 39.7 Å². The number of carboxylic acid groups (broad SMARTS) is 1. The fraction of sp³-hybridized carbons (Fsp3) is 0.421. The summed E-state index contributed by atoms with van der Waals surface area (Å²) in [6.45, 7) is 3.61. The van der Waals surface area contributed by atoms with Gasteiger partial charge in [0.2, 0.25) is 5.91 Å². The summed E-state index contributed by atoms with van der Waals surface area (Å²) in [5, 5.41) is 14.2. The number of ether oxygens (including phenoxy) is 1. The molecule has 1 heterocycles. The SMILES string of the molecule is CCC[C@H](NC(=O)CCc1c(C)c2ccc(OC)cc2oc1=O)C(=O)[O-]. The summed E-state index contributed by atoms with van der Waals surface area (Å²) in [6, 6.07) is 4.17. The molecule has 1 aromatic carbocycles. The van der Waals surface area contributed by atoms with E-state index in [2.05, 4.69) is 5.32 Å². The monoisotopic (exact) mass is 360 g/mol. The van der Waals surface area contributed by atoms with Gasteiger partial charge in [-0.1, -0.05) is 13.3 Å². The van der Waals surface area contributed by atoms with E-state index in [4.69, 9.17) is 9.15 Å². The fourth-order valence-corrected chi connectivity index (χ4v) is 2.83. The second kappa shape index (κ2) is 8.51. The normalized spacial score (nSPS) is 12.0. The summed E-state index contributed by atoms with van der Waals surface area (Å²) in [6.07, 6.45) is 1.05. The van der Waals surface area contributed by atoms with Crippen LogP contribution in [0.4, 0.5) is 0 Å². The van der Waals surface area contributed by atoms with Crippen LogP contribution >= 0.6 is 0 Å². The number of aliphatic carboxylic acids is 1. The fourth-order valence-electron chi connectivity index (χ4n) is 2.83. The van der Waals surface area contributed by atoms with E-state index in [-0.39, 0.29) is 12.8 Å². The Bertz CT molecular complexity index is 870. The number of hydrogen-bond donors (Lipinski definition) is 1. The van der Waals surface area contributed by atoms with Crippen LogP contribution in [0.3, 0.4) is 0 Å². The van der Waals surface area contributed by atoms with E-state index in [0.717, 1.165) is 10.9 Å². The van der Waals surface area contributed by atoms with E-state index in [1.165, 1.54) is 7.11 Å². The number of rotatable bonds is 8.